The number of hydrogen-bond acceptors (Lipinski definition) is 4. The summed E-state index contributed by atoms with van der Waals surface area (Å²) in [6.45, 7) is 3.22. The number of halogens is 1. The molecule has 0 saturated heterocycles. The number of para-hydroxylation sites is 1. The molecule has 2 aromatic rings. The van der Waals surface area contributed by atoms with Crippen LogP contribution in [-0.4, -0.2) is 19.9 Å². The van der Waals surface area contributed by atoms with Crippen LogP contribution in [0.5, 0.6) is 5.75 Å². The Morgan fingerprint density at radius 1 is 1.12 bits per heavy atom. The van der Waals surface area contributed by atoms with Gasteiger partial charge in [-0.3, -0.25) is 9.52 Å². The van der Waals surface area contributed by atoms with Gasteiger partial charge >= 0.3 is 0 Å². The van der Waals surface area contributed by atoms with Crippen molar-refractivity contribution in [3.8, 4) is 5.75 Å². The highest BCUT2D eigenvalue weighted by Gasteiger charge is 2.36. The van der Waals surface area contributed by atoms with Gasteiger partial charge in [-0.15, -0.1) is 0 Å². The lowest BCUT2D eigenvalue weighted by Crippen LogP contribution is -2.45. The van der Waals surface area contributed by atoms with E-state index >= 15 is 0 Å². The van der Waals surface area contributed by atoms with Crippen LogP contribution in [0.25, 0.3) is 0 Å². The number of carbonyl (C=O) groups is 1. The van der Waals surface area contributed by atoms with Gasteiger partial charge in [0.15, 0.2) is 5.60 Å². The van der Waals surface area contributed by atoms with Gasteiger partial charge < -0.3 is 10.1 Å². The van der Waals surface area contributed by atoms with Crippen molar-refractivity contribution in [1.82, 2.24) is 0 Å². The number of nitrogens with one attached hydrogen (secondary N) is 2. The van der Waals surface area contributed by atoms with E-state index in [2.05, 4.69) is 10.0 Å². The van der Waals surface area contributed by atoms with Crippen LogP contribution in [0.2, 0.25) is 0 Å². The highest BCUT2D eigenvalue weighted by Crippen LogP contribution is 2.39. The van der Waals surface area contributed by atoms with Crippen molar-refractivity contribution in [2.45, 2.75) is 24.3 Å². The van der Waals surface area contributed by atoms with Crippen molar-refractivity contribution in [3.63, 3.8) is 0 Å². The Kier molecular flexibility index (Phi) is 3.71. The molecule has 0 atom stereocenters. The fourth-order valence-electron chi connectivity index (χ4n) is 2.23. The zero-order chi connectivity index (χ0) is 17.5. The number of hydrogen-bond donors (Lipinski definition) is 2. The van der Waals surface area contributed by atoms with Gasteiger partial charge in [0.25, 0.3) is 15.9 Å². The van der Waals surface area contributed by atoms with Crippen LogP contribution in [-0.2, 0) is 14.8 Å². The van der Waals surface area contributed by atoms with E-state index < -0.39 is 21.4 Å². The van der Waals surface area contributed by atoms with E-state index in [0.717, 1.165) is 24.3 Å². The summed E-state index contributed by atoms with van der Waals surface area (Å²) >= 11 is 0. The third kappa shape index (κ3) is 2.92. The van der Waals surface area contributed by atoms with E-state index in [1.807, 2.05) is 0 Å². The average Bonchev–Trinajstić information content (AvgIpc) is 2.49. The third-order valence-corrected chi connectivity index (χ3v) is 4.93. The number of benzene rings is 2. The second kappa shape index (κ2) is 5.48. The SMILES string of the molecule is CC1(C)Oc2cccc(NS(=O)(=O)c3ccc(F)cc3)c2NC1=O. The summed E-state index contributed by atoms with van der Waals surface area (Å²) in [6.07, 6.45) is 0. The van der Waals surface area contributed by atoms with Crippen molar-refractivity contribution in [3.05, 3.63) is 48.3 Å². The van der Waals surface area contributed by atoms with E-state index in [4.69, 9.17) is 4.74 Å². The van der Waals surface area contributed by atoms with Crippen LogP contribution in [0.1, 0.15) is 13.8 Å². The molecule has 0 spiro atoms. The molecule has 8 heteroatoms. The minimum atomic E-state index is -3.93. The highest BCUT2D eigenvalue weighted by molar-refractivity contribution is 7.92. The number of carbonyl (C=O) groups excluding carboxylic acids is 1. The minimum absolute atomic E-state index is 0.0927. The number of ether oxygens (including phenoxy) is 1. The number of anilines is 2. The fraction of sp³-hybridized carbons (Fsp3) is 0.188. The molecule has 2 aromatic carbocycles. The van der Waals surface area contributed by atoms with Gasteiger partial charge in [-0.1, -0.05) is 6.07 Å². The molecular formula is C16H15FN2O4S. The van der Waals surface area contributed by atoms with Crippen LogP contribution >= 0.6 is 0 Å². The zero-order valence-electron chi connectivity index (χ0n) is 13.0. The molecule has 1 heterocycles. The molecule has 0 saturated carbocycles. The minimum Gasteiger partial charge on any atom is -0.476 e. The third-order valence-electron chi connectivity index (χ3n) is 3.54. The fourth-order valence-corrected chi connectivity index (χ4v) is 3.30. The molecule has 1 aliphatic heterocycles. The van der Waals surface area contributed by atoms with Crippen molar-refractivity contribution in [1.29, 1.82) is 0 Å². The molecule has 6 nitrogen and oxygen atoms in total. The normalized spacial score (nSPS) is 15.9. The zero-order valence-corrected chi connectivity index (χ0v) is 13.8. The predicted octanol–water partition coefficient (Wildman–Crippen LogP) is 2.74. The Bertz CT molecular complexity index is 908. The van der Waals surface area contributed by atoms with Crippen LogP contribution < -0.4 is 14.8 Å². The van der Waals surface area contributed by atoms with Gasteiger partial charge in [-0.25, -0.2) is 12.8 Å². The van der Waals surface area contributed by atoms with Crippen molar-refractivity contribution in [2.75, 3.05) is 10.0 Å². The first-order valence-electron chi connectivity index (χ1n) is 7.11. The maximum absolute atomic E-state index is 13.0. The molecule has 2 N–H and O–H groups in total. The summed E-state index contributed by atoms with van der Waals surface area (Å²) in [5.41, 5.74) is -0.644. The molecule has 3 rings (SSSR count). The summed E-state index contributed by atoms with van der Waals surface area (Å²) in [6, 6.07) is 9.17. The Hall–Kier alpha value is -2.61. The molecule has 0 unspecified atom stereocenters. The van der Waals surface area contributed by atoms with E-state index in [0.29, 0.717) is 5.75 Å². The summed E-state index contributed by atoms with van der Waals surface area (Å²) in [7, 11) is -3.93. The van der Waals surface area contributed by atoms with E-state index in [-0.39, 0.29) is 22.2 Å². The van der Waals surface area contributed by atoms with Gasteiger partial charge in [0.05, 0.1) is 10.6 Å². The second-order valence-electron chi connectivity index (χ2n) is 5.80. The Labute approximate surface area is 138 Å². The number of rotatable bonds is 3. The Morgan fingerprint density at radius 3 is 2.46 bits per heavy atom. The monoisotopic (exact) mass is 350 g/mol. The first kappa shape index (κ1) is 16.3. The molecule has 0 bridgehead atoms. The van der Waals surface area contributed by atoms with Crippen LogP contribution in [0.3, 0.4) is 0 Å². The lowest BCUT2D eigenvalue weighted by atomic mass is 10.1. The Morgan fingerprint density at radius 2 is 1.79 bits per heavy atom. The Balaban J connectivity index is 1.97. The largest absolute Gasteiger partial charge is 0.476 e. The smallest absolute Gasteiger partial charge is 0.268 e. The van der Waals surface area contributed by atoms with Crippen LogP contribution in [0.4, 0.5) is 15.8 Å². The average molecular weight is 350 g/mol. The molecule has 0 aromatic heterocycles. The van der Waals surface area contributed by atoms with Crippen LogP contribution in [0, 0.1) is 5.82 Å². The van der Waals surface area contributed by atoms with Gasteiger partial charge in [-0.2, -0.15) is 0 Å². The number of fused-ring (bicyclic) bond motifs is 1. The molecular weight excluding hydrogens is 335 g/mol. The van der Waals surface area contributed by atoms with Crippen molar-refractivity contribution < 1.29 is 22.3 Å². The molecule has 1 amide bonds. The standard InChI is InChI=1S/C16H15FN2O4S/c1-16(2)15(20)18-14-12(4-3-5-13(14)23-16)19-24(21,22)11-8-6-10(17)7-9-11/h3-9,19H,1-2H3,(H,18,20). The molecule has 0 radical (unpaired) electrons. The number of amides is 1. The van der Waals surface area contributed by atoms with E-state index in [9.17, 15) is 17.6 Å². The first-order valence-corrected chi connectivity index (χ1v) is 8.59. The van der Waals surface area contributed by atoms with Crippen LogP contribution in [0.15, 0.2) is 47.4 Å². The first-order chi connectivity index (χ1) is 11.2. The molecule has 0 fully saturated rings. The van der Waals surface area contributed by atoms with Gasteiger partial charge in [0.1, 0.15) is 17.3 Å². The van der Waals surface area contributed by atoms with Gasteiger partial charge in [0, 0.05) is 0 Å². The van der Waals surface area contributed by atoms with Crippen molar-refractivity contribution >= 4 is 27.3 Å². The lowest BCUT2D eigenvalue weighted by Gasteiger charge is -2.32. The summed E-state index contributed by atoms with van der Waals surface area (Å²) in [5.74, 6) is -0.559. The van der Waals surface area contributed by atoms with E-state index in [1.165, 1.54) is 6.07 Å². The molecule has 24 heavy (non-hydrogen) atoms. The van der Waals surface area contributed by atoms with Gasteiger partial charge in [0.2, 0.25) is 0 Å². The van der Waals surface area contributed by atoms with Crippen molar-refractivity contribution in [2.24, 2.45) is 0 Å². The quantitative estimate of drug-likeness (QED) is 0.891. The summed E-state index contributed by atoms with van der Waals surface area (Å²) in [5, 5.41) is 2.65. The second-order valence-corrected chi connectivity index (χ2v) is 7.49. The van der Waals surface area contributed by atoms with E-state index in [1.54, 1.807) is 26.0 Å². The molecule has 1 aliphatic rings. The summed E-state index contributed by atoms with van der Waals surface area (Å²) < 4.78 is 45.8. The topological polar surface area (TPSA) is 84.5 Å². The summed E-state index contributed by atoms with van der Waals surface area (Å²) in [4.78, 5) is 12.0. The van der Waals surface area contributed by atoms with Gasteiger partial charge in [-0.05, 0) is 50.2 Å². The maximum atomic E-state index is 13.0. The predicted molar refractivity (Wildman–Crippen MR) is 87.0 cm³/mol. The maximum Gasteiger partial charge on any atom is 0.268 e. The molecule has 0 aliphatic carbocycles. The lowest BCUT2D eigenvalue weighted by molar-refractivity contribution is -0.129. The number of sulfonamides is 1. The molecule has 126 valence electrons. The highest BCUT2D eigenvalue weighted by atomic mass is 32.2.